The summed E-state index contributed by atoms with van der Waals surface area (Å²) in [6.45, 7) is 4.18. The van der Waals surface area contributed by atoms with Crippen molar-refractivity contribution in [2.75, 3.05) is 18.5 Å². The second-order valence-electron chi connectivity index (χ2n) is 6.38. The van der Waals surface area contributed by atoms with Crippen LogP contribution < -0.4 is 4.90 Å². The SMILES string of the molecule is CC(C)c1nn(C)c(N(C)CC2(O)CCCC2)c1[N+](=O)[O-]. The Morgan fingerprint density at radius 2 is 2.05 bits per heavy atom. The van der Waals surface area contributed by atoms with Gasteiger partial charge in [0.15, 0.2) is 0 Å². The van der Waals surface area contributed by atoms with Crippen LogP contribution in [0.3, 0.4) is 0 Å². The molecule has 0 atom stereocenters. The van der Waals surface area contributed by atoms with Gasteiger partial charge in [-0.3, -0.25) is 10.1 Å². The molecule has 0 bridgehead atoms. The molecule has 1 aromatic heterocycles. The summed E-state index contributed by atoms with van der Waals surface area (Å²) >= 11 is 0. The number of aryl methyl sites for hydroxylation is 1. The smallest absolute Gasteiger partial charge is 0.334 e. The van der Waals surface area contributed by atoms with Gasteiger partial charge in [-0.25, -0.2) is 4.68 Å². The zero-order valence-electron chi connectivity index (χ0n) is 13.2. The van der Waals surface area contributed by atoms with Crippen LogP contribution in [0.5, 0.6) is 0 Å². The topological polar surface area (TPSA) is 84.4 Å². The molecule has 0 unspecified atom stereocenters. The zero-order chi connectivity index (χ0) is 15.8. The Morgan fingerprint density at radius 1 is 1.48 bits per heavy atom. The molecule has 7 nitrogen and oxygen atoms in total. The van der Waals surface area contributed by atoms with E-state index in [9.17, 15) is 15.2 Å². The highest BCUT2D eigenvalue weighted by Gasteiger charge is 2.36. The largest absolute Gasteiger partial charge is 0.388 e. The molecular weight excluding hydrogens is 272 g/mol. The molecule has 1 aliphatic carbocycles. The van der Waals surface area contributed by atoms with Crippen molar-refractivity contribution in [3.8, 4) is 0 Å². The van der Waals surface area contributed by atoms with Crippen LogP contribution in [0.4, 0.5) is 11.5 Å². The van der Waals surface area contributed by atoms with E-state index in [0.717, 1.165) is 25.7 Å². The third kappa shape index (κ3) is 3.02. The molecule has 7 heteroatoms. The Labute approximate surface area is 124 Å². The van der Waals surface area contributed by atoms with Crippen LogP contribution in [0, 0.1) is 10.1 Å². The molecule has 1 aromatic rings. The Balaban J connectivity index is 2.36. The molecule has 2 rings (SSSR count). The second-order valence-corrected chi connectivity index (χ2v) is 6.38. The van der Waals surface area contributed by atoms with Gasteiger partial charge in [0.25, 0.3) is 0 Å². The molecule has 1 N–H and O–H groups in total. The third-order valence-electron chi connectivity index (χ3n) is 4.18. The van der Waals surface area contributed by atoms with E-state index in [2.05, 4.69) is 5.10 Å². The lowest BCUT2D eigenvalue weighted by molar-refractivity contribution is -0.385. The highest BCUT2D eigenvalue weighted by atomic mass is 16.6. The van der Waals surface area contributed by atoms with Gasteiger partial charge in [-0.05, 0) is 12.8 Å². The minimum Gasteiger partial charge on any atom is -0.388 e. The fraction of sp³-hybridized carbons (Fsp3) is 0.786. The summed E-state index contributed by atoms with van der Waals surface area (Å²) < 4.78 is 1.55. The van der Waals surface area contributed by atoms with Crippen molar-refractivity contribution in [1.82, 2.24) is 9.78 Å². The molecule has 0 amide bonds. The minimum atomic E-state index is -0.745. The average Bonchev–Trinajstić information content (AvgIpc) is 2.93. The van der Waals surface area contributed by atoms with Gasteiger partial charge in [0.2, 0.25) is 5.82 Å². The molecule has 1 fully saturated rings. The van der Waals surface area contributed by atoms with Gasteiger partial charge in [0.1, 0.15) is 5.69 Å². The second kappa shape index (κ2) is 5.63. The third-order valence-corrected chi connectivity index (χ3v) is 4.18. The van der Waals surface area contributed by atoms with Crippen LogP contribution >= 0.6 is 0 Å². The van der Waals surface area contributed by atoms with E-state index >= 15 is 0 Å². The number of hydrogen-bond acceptors (Lipinski definition) is 5. The number of hydrogen-bond donors (Lipinski definition) is 1. The van der Waals surface area contributed by atoms with Crippen LogP contribution in [0.15, 0.2) is 0 Å². The standard InChI is InChI=1S/C14H24N4O3/c1-10(2)11-12(18(20)21)13(17(4)15-11)16(3)9-14(19)7-5-6-8-14/h10,19H,5-9H2,1-4H3. The summed E-state index contributed by atoms with van der Waals surface area (Å²) in [5, 5.41) is 26.3. The van der Waals surface area contributed by atoms with Gasteiger partial charge in [-0.1, -0.05) is 26.7 Å². The number of anilines is 1. The molecule has 0 saturated heterocycles. The lowest BCUT2D eigenvalue weighted by atomic mass is 10.0. The van der Waals surface area contributed by atoms with Crippen LogP contribution in [-0.4, -0.2) is 39.0 Å². The maximum absolute atomic E-state index is 11.4. The molecule has 0 aromatic carbocycles. The van der Waals surface area contributed by atoms with Gasteiger partial charge in [-0.15, -0.1) is 0 Å². The summed E-state index contributed by atoms with van der Waals surface area (Å²) in [5.74, 6) is 0.442. The van der Waals surface area contributed by atoms with Gasteiger partial charge < -0.3 is 10.0 Å². The van der Waals surface area contributed by atoms with E-state index in [1.807, 2.05) is 13.8 Å². The zero-order valence-corrected chi connectivity index (χ0v) is 13.2. The normalized spacial score (nSPS) is 17.4. The molecule has 1 saturated carbocycles. The maximum atomic E-state index is 11.4. The van der Waals surface area contributed by atoms with E-state index in [1.54, 1.807) is 23.7 Å². The molecule has 1 heterocycles. The Morgan fingerprint density at radius 3 is 2.52 bits per heavy atom. The maximum Gasteiger partial charge on any atom is 0.334 e. The van der Waals surface area contributed by atoms with E-state index in [0.29, 0.717) is 18.1 Å². The first kappa shape index (κ1) is 15.8. The lowest BCUT2D eigenvalue weighted by Gasteiger charge is -2.29. The summed E-state index contributed by atoms with van der Waals surface area (Å²) in [6, 6.07) is 0. The van der Waals surface area contributed by atoms with Crippen molar-refractivity contribution < 1.29 is 10.0 Å². The molecule has 0 radical (unpaired) electrons. The van der Waals surface area contributed by atoms with Crippen LogP contribution in [0.2, 0.25) is 0 Å². The highest BCUT2D eigenvalue weighted by Crippen LogP contribution is 2.37. The number of nitrogens with zero attached hydrogens (tertiary/aromatic N) is 4. The fourth-order valence-electron chi connectivity index (χ4n) is 3.22. The minimum absolute atomic E-state index is 0.0201. The number of nitro groups is 1. The summed E-state index contributed by atoms with van der Waals surface area (Å²) in [6.07, 6.45) is 3.52. The van der Waals surface area contributed by atoms with Crippen molar-refractivity contribution in [1.29, 1.82) is 0 Å². The van der Waals surface area contributed by atoms with Crippen molar-refractivity contribution in [2.24, 2.45) is 7.05 Å². The molecule has 0 spiro atoms. The van der Waals surface area contributed by atoms with E-state index in [1.165, 1.54) is 0 Å². The van der Waals surface area contributed by atoms with Crippen molar-refractivity contribution in [3.05, 3.63) is 15.8 Å². The lowest BCUT2D eigenvalue weighted by Crippen LogP contribution is -2.40. The molecule has 118 valence electrons. The quantitative estimate of drug-likeness (QED) is 0.665. The first-order valence-corrected chi connectivity index (χ1v) is 7.40. The predicted octanol–water partition coefficient (Wildman–Crippen LogP) is 2.19. The van der Waals surface area contributed by atoms with E-state index in [4.69, 9.17) is 0 Å². The number of rotatable bonds is 5. The first-order valence-electron chi connectivity index (χ1n) is 7.40. The van der Waals surface area contributed by atoms with Crippen molar-refractivity contribution in [3.63, 3.8) is 0 Å². The van der Waals surface area contributed by atoms with Gasteiger partial charge in [0.05, 0.1) is 10.5 Å². The summed E-state index contributed by atoms with van der Waals surface area (Å²) in [5.41, 5.74) is -0.204. The molecule has 1 aliphatic rings. The van der Waals surface area contributed by atoms with Gasteiger partial charge in [0, 0.05) is 26.6 Å². The van der Waals surface area contributed by atoms with Gasteiger partial charge in [-0.2, -0.15) is 5.10 Å². The van der Waals surface area contributed by atoms with E-state index in [-0.39, 0.29) is 16.5 Å². The van der Waals surface area contributed by atoms with Crippen molar-refractivity contribution >= 4 is 11.5 Å². The highest BCUT2D eigenvalue weighted by molar-refractivity contribution is 5.62. The number of likely N-dealkylation sites (N-methyl/N-ethyl adjacent to an activating group) is 1. The summed E-state index contributed by atoms with van der Waals surface area (Å²) in [7, 11) is 3.49. The predicted molar refractivity (Wildman–Crippen MR) is 80.6 cm³/mol. The summed E-state index contributed by atoms with van der Waals surface area (Å²) in [4.78, 5) is 12.8. The van der Waals surface area contributed by atoms with Crippen LogP contribution in [0.1, 0.15) is 51.1 Å². The molecule has 0 aliphatic heterocycles. The average molecular weight is 296 g/mol. The van der Waals surface area contributed by atoms with Crippen molar-refractivity contribution in [2.45, 2.75) is 51.0 Å². The fourth-order valence-corrected chi connectivity index (χ4v) is 3.22. The van der Waals surface area contributed by atoms with E-state index < -0.39 is 5.60 Å². The van der Waals surface area contributed by atoms with Gasteiger partial charge >= 0.3 is 5.69 Å². The number of aliphatic hydroxyl groups is 1. The molecular formula is C14H24N4O3. The Kier molecular flexibility index (Phi) is 4.22. The molecule has 21 heavy (non-hydrogen) atoms. The van der Waals surface area contributed by atoms with Crippen LogP contribution in [-0.2, 0) is 7.05 Å². The van der Waals surface area contributed by atoms with Crippen LogP contribution in [0.25, 0.3) is 0 Å². The Hall–Kier alpha value is -1.63. The first-order chi connectivity index (χ1) is 9.75. The monoisotopic (exact) mass is 296 g/mol. The number of aromatic nitrogens is 2. The Bertz CT molecular complexity index is 533.